The van der Waals surface area contributed by atoms with Gasteiger partial charge in [-0.1, -0.05) is 45.0 Å². The summed E-state index contributed by atoms with van der Waals surface area (Å²) in [7, 11) is 0. The Bertz CT molecular complexity index is 547. The molecule has 102 valence electrons. The minimum atomic E-state index is 0.165. The van der Waals surface area contributed by atoms with Crippen molar-refractivity contribution in [2.75, 3.05) is 6.54 Å². The summed E-state index contributed by atoms with van der Waals surface area (Å²) in [5.74, 6) is 1.57. The van der Waals surface area contributed by atoms with Crippen LogP contribution in [-0.4, -0.2) is 11.5 Å². The van der Waals surface area contributed by atoms with Crippen molar-refractivity contribution < 1.29 is 4.42 Å². The van der Waals surface area contributed by atoms with Crippen LogP contribution >= 0.6 is 0 Å². The summed E-state index contributed by atoms with van der Waals surface area (Å²) in [5.41, 5.74) is 9.10. The van der Waals surface area contributed by atoms with E-state index in [0.717, 1.165) is 23.4 Å². The van der Waals surface area contributed by atoms with Crippen LogP contribution in [0, 0.1) is 6.92 Å². The smallest absolute Gasteiger partial charge is 0.191 e. The number of aromatic nitrogens is 1. The van der Waals surface area contributed by atoms with Gasteiger partial charge in [0.2, 0.25) is 0 Å². The van der Waals surface area contributed by atoms with Gasteiger partial charge in [-0.05, 0) is 17.5 Å². The number of rotatable bonds is 3. The fourth-order valence-corrected chi connectivity index (χ4v) is 2.12. The number of nitrogens with two attached hydrogens (primary N) is 1. The molecule has 1 aromatic carbocycles. The third-order valence-corrected chi connectivity index (χ3v) is 3.20. The molecule has 0 aliphatic carbocycles. The topological polar surface area (TPSA) is 52.0 Å². The van der Waals surface area contributed by atoms with Crippen LogP contribution in [0.1, 0.15) is 38.0 Å². The van der Waals surface area contributed by atoms with E-state index in [4.69, 9.17) is 10.2 Å². The largest absolute Gasteiger partial charge is 0.445 e. The van der Waals surface area contributed by atoms with Crippen LogP contribution in [0.5, 0.6) is 0 Å². The minimum absolute atomic E-state index is 0.165. The predicted octanol–water partition coefficient (Wildman–Crippen LogP) is 3.45. The van der Waals surface area contributed by atoms with Gasteiger partial charge >= 0.3 is 0 Å². The Morgan fingerprint density at radius 1 is 1.16 bits per heavy atom. The SMILES string of the molecule is Cc1nc(-c2ccc(C(C)(C)C)cc2)c(CCN)o1. The summed E-state index contributed by atoms with van der Waals surface area (Å²) >= 11 is 0. The Kier molecular flexibility index (Phi) is 3.76. The fraction of sp³-hybridized carbons (Fsp3) is 0.438. The molecule has 3 nitrogen and oxygen atoms in total. The molecule has 0 atom stereocenters. The Morgan fingerprint density at radius 3 is 2.32 bits per heavy atom. The average molecular weight is 258 g/mol. The van der Waals surface area contributed by atoms with Crippen molar-refractivity contribution in [1.29, 1.82) is 0 Å². The van der Waals surface area contributed by atoms with Crippen molar-refractivity contribution in [1.82, 2.24) is 4.98 Å². The van der Waals surface area contributed by atoms with Crippen molar-refractivity contribution in [3.8, 4) is 11.3 Å². The third kappa shape index (κ3) is 3.04. The summed E-state index contributed by atoms with van der Waals surface area (Å²) in [5, 5.41) is 0. The first kappa shape index (κ1) is 13.8. The molecule has 0 spiro atoms. The van der Waals surface area contributed by atoms with Gasteiger partial charge < -0.3 is 10.2 Å². The number of aryl methyl sites for hydroxylation is 1. The second-order valence-corrected chi connectivity index (χ2v) is 5.87. The lowest BCUT2D eigenvalue weighted by Crippen LogP contribution is -2.10. The highest BCUT2D eigenvalue weighted by molar-refractivity contribution is 5.62. The Balaban J connectivity index is 2.37. The molecule has 2 N–H and O–H groups in total. The first-order valence-electron chi connectivity index (χ1n) is 6.69. The molecule has 19 heavy (non-hydrogen) atoms. The quantitative estimate of drug-likeness (QED) is 0.917. The lowest BCUT2D eigenvalue weighted by Gasteiger charge is -2.19. The van der Waals surface area contributed by atoms with Crippen molar-refractivity contribution in [3.05, 3.63) is 41.5 Å². The molecule has 0 radical (unpaired) electrons. The first-order chi connectivity index (χ1) is 8.91. The highest BCUT2D eigenvalue weighted by atomic mass is 16.4. The van der Waals surface area contributed by atoms with Gasteiger partial charge in [-0.25, -0.2) is 4.98 Å². The standard InChI is InChI=1S/C16H22N2O/c1-11-18-15(14(19-11)9-10-17)12-5-7-13(8-6-12)16(2,3)4/h5-8H,9-10,17H2,1-4H3. The Morgan fingerprint density at radius 2 is 1.79 bits per heavy atom. The van der Waals surface area contributed by atoms with Crippen LogP contribution in [0.15, 0.2) is 28.7 Å². The van der Waals surface area contributed by atoms with E-state index in [-0.39, 0.29) is 5.41 Å². The molecule has 0 aliphatic heterocycles. The van der Waals surface area contributed by atoms with Gasteiger partial charge in [-0.2, -0.15) is 0 Å². The van der Waals surface area contributed by atoms with E-state index in [1.807, 2.05) is 6.92 Å². The van der Waals surface area contributed by atoms with Gasteiger partial charge in [-0.15, -0.1) is 0 Å². The molecule has 0 saturated carbocycles. The van der Waals surface area contributed by atoms with E-state index in [2.05, 4.69) is 50.0 Å². The van der Waals surface area contributed by atoms with Gasteiger partial charge in [0.15, 0.2) is 5.89 Å². The third-order valence-electron chi connectivity index (χ3n) is 3.20. The monoisotopic (exact) mass is 258 g/mol. The molecular formula is C16H22N2O. The van der Waals surface area contributed by atoms with Crippen LogP contribution < -0.4 is 5.73 Å². The van der Waals surface area contributed by atoms with Gasteiger partial charge in [0.1, 0.15) is 11.5 Å². The molecule has 0 amide bonds. The summed E-state index contributed by atoms with van der Waals surface area (Å²) < 4.78 is 5.62. The Labute approximate surface area is 114 Å². The van der Waals surface area contributed by atoms with Crippen LogP contribution in [0.25, 0.3) is 11.3 Å². The van der Waals surface area contributed by atoms with Gasteiger partial charge in [0.25, 0.3) is 0 Å². The summed E-state index contributed by atoms with van der Waals surface area (Å²) in [6, 6.07) is 8.53. The van der Waals surface area contributed by atoms with E-state index in [9.17, 15) is 0 Å². The van der Waals surface area contributed by atoms with Crippen LogP contribution in [0.2, 0.25) is 0 Å². The fourth-order valence-electron chi connectivity index (χ4n) is 2.12. The zero-order valence-corrected chi connectivity index (χ0v) is 12.2. The zero-order valence-electron chi connectivity index (χ0n) is 12.2. The molecule has 1 aromatic heterocycles. The van der Waals surface area contributed by atoms with Crippen molar-refractivity contribution >= 4 is 0 Å². The molecule has 0 fully saturated rings. The van der Waals surface area contributed by atoms with Gasteiger partial charge in [-0.3, -0.25) is 0 Å². The lowest BCUT2D eigenvalue weighted by atomic mass is 9.86. The van der Waals surface area contributed by atoms with Crippen LogP contribution in [0.3, 0.4) is 0 Å². The maximum Gasteiger partial charge on any atom is 0.191 e. The van der Waals surface area contributed by atoms with Gasteiger partial charge in [0.05, 0.1) is 0 Å². The van der Waals surface area contributed by atoms with Crippen molar-refractivity contribution in [2.24, 2.45) is 5.73 Å². The molecule has 0 saturated heterocycles. The highest BCUT2D eigenvalue weighted by Gasteiger charge is 2.16. The van der Waals surface area contributed by atoms with E-state index >= 15 is 0 Å². The average Bonchev–Trinajstić information content (AvgIpc) is 2.70. The number of oxazole rings is 1. The summed E-state index contributed by atoms with van der Waals surface area (Å²) in [4.78, 5) is 4.47. The summed E-state index contributed by atoms with van der Waals surface area (Å²) in [6.07, 6.45) is 0.719. The van der Waals surface area contributed by atoms with Gasteiger partial charge in [0, 0.05) is 18.9 Å². The second kappa shape index (κ2) is 5.17. The maximum absolute atomic E-state index is 5.62. The number of benzene rings is 1. The Hall–Kier alpha value is -1.61. The number of nitrogens with zero attached hydrogens (tertiary/aromatic N) is 1. The van der Waals surface area contributed by atoms with Crippen LogP contribution in [-0.2, 0) is 11.8 Å². The molecule has 0 aliphatic rings. The molecule has 3 heteroatoms. The van der Waals surface area contributed by atoms with E-state index in [1.165, 1.54) is 5.56 Å². The lowest BCUT2D eigenvalue weighted by molar-refractivity contribution is 0.476. The maximum atomic E-state index is 5.62. The van der Waals surface area contributed by atoms with Crippen molar-refractivity contribution in [3.63, 3.8) is 0 Å². The second-order valence-electron chi connectivity index (χ2n) is 5.87. The molecule has 0 unspecified atom stereocenters. The predicted molar refractivity (Wildman–Crippen MR) is 78.1 cm³/mol. The van der Waals surface area contributed by atoms with Crippen LogP contribution in [0.4, 0.5) is 0 Å². The van der Waals surface area contributed by atoms with E-state index < -0.39 is 0 Å². The van der Waals surface area contributed by atoms with E-state index in [1.54, 1.807) is 0 Å². The molecular weight excluding hydrogens is 236 g/mol. The normalized spacial score (nSPS) is 11.8. The molecule has 0 bridgehead atoms. The number of hydrogen-bond donors (Lipinski definition) is 1. The molecule has 1 heterocycles. The molecule has 2 aromatic rings. The number of hydrogen-bond acceptors (Lipinski definition) is 3. The molecule has 2 rings (SSSR count). The summed E-state index contributed by atoms with van der Waals surface area (Å²) in [6.45, 7) is 9.07. The zero-order chi connectivity index (χ0) is 14.0. The first-order valence-corrected chi connectivity index (χ1v) is 6.69. The van der Waals surface area contributed by atoms with Crippen molar-refractivity contribution in [2.45, 2.75) is 39.5 Å². The van der Waals surface area contributed by atoms with E-state index in [0.29, 0.717) is 12.4 Å². The minimum Gasteiger partial charge on any atom is -0.445 e. The highest BCUT2D eigenvalue weighted by Crippen LogP contribution is 2.28.